The second kappa shape index (κ2) is 13.0. The molecule has 2 N–H and O–H groups in total. The molecular weight excluding hydrogens is 459 g/mol. The van der Waals surface area contributed by atoms with Gasteiger partial charge in [-0.05, 0) is 0 Å². The molecule has 0 saturated heterocycles. The summed E-state index contributed by atoms with van der Waals surface area (Å²) >= 11 is 3.07. The maximum absolute atomic E-state index is 11.0. The van der Waals surface area contributed by atoms with Gasteiger partial charge in [0.05, 0.1) is 0 Å². The van der Waals surface area contributed by atoms with Crippen molar-refractivity contribution in [1.29, 1.82) is 0 Å². The van der Waals surface area contributed by atoms with Crippen LogP contribution >= 0.6 is 23.5 Å². The Balaban J connectivity index is 2.27. The molecule has 0 saturated carbocycles. The van der Waals surface area contributed by atoms with E-state index in [9.17, 15) is 5.11 Å². The van der Waals surface area contributed by atoms with Crippen LogP contribution < -0.4 is 5.32 Å². The van der Waals surface area contributed by atoms with E-state index in [-0.39, 0.29) is 10.8 Å². The fourth-order valence-electron chi connectivity index (χ4n) is 3.61. The van der Waals surface area contributed by atoms with Crippen molar-refractivity contribution >= 4 is 47.9 Å². The van der Waals surface area contributed by atoms with Gasteiger partial charge in [-0.1, -0.05) is 13.3 Å². The standard InChI is InChI=1S/C26H41BN4OS2/c1-8-9-10-11-12-13-14-33-23-29-22(30-24(31-23)34-17-27)28-18-15-19(25(2,3)4)21(32)20(16-18)26(5,6)7/h15-17,27,32H,8-14H2,1-7H3,(H,28,29,30,31). The number of hydrogen-bond donors (Lipinski definition) is 2. The van der Waals surface area contributed by atoms with Crippen LogP contribution in [0.3, 0.4) is 0 Å². The first-order chi connectivity index (χ1) is 16.0. The van der Waals surface area contributed by atoms with E-state index in [2.05, 4.69) is 76.2 Å². The Bertz CT molecular complexity index is 920. The molecule has 0 spiro atoms. The summed E-state index contributed by atoms with van der Waals surface area (Å²) < 4.78 is 0. The molecule has 0 unspecified atom stereocenters. The molecule has 1 aromatic carbocycles. The number of nitrogens with one attached hydrogen (secondary N) is 1. The molecule has 0 aliphatic carbocycles. The Morgan fingerprint density at radius 2 is 1.44 bits per heavy atom. The van der Waals surface area contributed by atoms with E-state index < -0.39 is 0 Å². The molecule has 1 aromatic heterocycles. The predicted octanol–water partition coefficient (Wildman–Crippen LogP) is 7.12. The maximum atomic E-state index is 11.0. The van der Waals surface area contributed by atoms with Gasteiger partial charge in [-0.2, -0.15) is 0 Å². The molecule has 0 aliphatic heterocycles. The van der Waals surface area contributed by atoms with Crippen LogP contribution in [0.4, 0.5) is 11.6 Å². The fraction of sp³-hybridized carbons (Fsp3) is 0.615. The number of nitrogens with zero attached hydrogens (tertiary/aromatic N) is 3. The Kier molecular flexibility index (Phi) is 10.9. The fourth-order valence-corrected chi connectivity index (χ4v) is 4.93. The number of anilines is 2. The summed E-state index contributed by atoms with van der Waals surface area (Å²) in [6, 6.07) is 4.00. The predicted molar refractivity (Wildman–Crippen MR) is 152 cm³/mol. The number of benzene rings is 1. The summed E-state index contributed by atoms with van der Waals surface area (Å²) in [5.74, 6) is 1.87. The monoisotopic (exact) mass is 500 g/mol. The van der Waals surface area contributed by atoms with Gasteiger partial charge in [0.25, 0.3) is 0 Å². The molecular formula is C26H41BN4OS2. The van der Waals surface area contributed by atoms with Crippen LogP contribution in [0.5, 0.6) is 5.75 Å². The Morgan fingerprint density at radius 3 is 2.00 bits per heavy atom. The number of phenols is 1. The Labute approximate surface area is 215 Å². The SMILES string of the molecule is B=CSc1nc(Nc2cc(C(C)(C)C)c(O)c(C(C)(C)C)c2)nc(SCCCCCCCC)n1. The summed E-state index contributed by atoms with van der Waals surface area (Å²) in [5.41, 5.74) is 2.25. The quantitative estimate of drug-likeness (QED) is 0.139. The van der Waals surface area contributed by atoms with E-state index in [4.69, 9.17) is 0 Å². The van der Waals surface area contributed by atoms with E-state index in [1.165, 1.54) is 43.9 Å². The van der Waals surface area contributed by atoms with Crippen molar-refractivity contribution in [3.63, 3.8) is 0 Å². The topological polar surface area (TPSA) is 70.9 Å². The molecule has 0 atom stereocenters. The van der Waals surface area contributed by atoms with Crippen molar-refractivity contribution < 1.29 is 5.11 Å². The van der Waals surface area contributed by atoms with Gasteiger partial charge >= 0.3 is 203 Å². The van der Waals surface area contributed by atoms with Crippen molar-refractivity contribution in [3.8, 4) is 5.75 Å². The molecule has 34 heavy (non-hydrogen) atoms. The van der Waals surface area contributed by atoms with E-state index >= 15 is 0 Å². The summed E-state index contributed by atoms with van der Waals surface area (Å²) in [6.45, 7) is 14.9. The van der Waals surface area contributed by atoms with Gasteiger partial charge in [0.2, 0.25) is 0 Å². The van der Waals surface area contributed by atoms with Gasteiger partial charge in [0.15, 0.2) is 0 Å². The minimum atomic E-state index is -0.205. The van der Waals surface area contributed by atoms with Crippen molar-refractivity contribution in [2.24, 2.45) is 0 Å². The number of aromatic hydroxyl groups is 1. The zero-order valence-electron chi connectivity index (χ0n) is 22.0. The molecule has 0 aliphatic rings. The second-order valence-electron chi connectivity index (χ2n) is 10.7. The van der Waals surface area contributed by atoms with Crippen LogP contribution in [0.1, 0.15) is 98.1 Å². The van der Waals surface area contributed by atoms with E-state index in [1.54, 1.807) is 17.1 Å². The molecule has 0 radical (unpaired) electrons. The Hall–Kier alpha value is -1.54. The van der Waals surface area contributed by atoms with Crippen molar-refractivity contribution in [3.05, 3.63) is 23.3 Å². The van der Waals surface area contributed by atoms with Crippen LogP contribution in [0.15, 0.2) is 22.4 Å². The van der Waals surface area contributed by atoms with Crippen LogP contribution in [0.25, 0.3) is 0 Å². The summed E-state index contributed by atoms with van der Waals surface area (Å²) in [6.07, 6.45) is 7.62. The third-order valence-electron chi connectivity index (χ3n) is 5.49. The molecule has 1 heterocycles. The van der Waals surface area contributed by atoms with Crippen molar-refractivity contribution in [2.75, 3.05) is 11.1 Å². The van der Waals surface area contributed by atoms with Gasteiger partial charge in [-0.15, -0.1) is 0 Å². The molecule has 0 fully saturated rings. The van der Waals surface area contributed by atoms with Crippen LogP contribution in [-0.4, -0.2) is 38.6 Å². The zero-order valence-corrected chi connectivity index (χ0v) is 23.6. The number of hydrogen-bond acceptors (Lipinski definition) is 7. The molecule has 2 aromatic rings. The summed E-state index contributed by atoms with van der Waals surface area (Å²) in [4.78, 5) is 13.9. The second-order valence-corrected chi connectivity index (χ2v) is 12.7. The van der Waals surface area contributed by atoms with Gasteiger partial charge < -0.3 is 0 Å². The average Bonchev–Trinajstić information content (AvgIpc) is 2.73. The normalized spacial score (nSPS) is 12.1. The third-order valence-corrected chi connectivity index (χ3v) is 6.99. The average molecular weight is 501 g/mol. The van der Waals surface area contributed by atoms with Crippen LogP contribution in [0.2, 0.25) is 0 Å². The van der Waals surface area contributed by atoms with E-state index in [0.29, 0.717) is 16.9 Å². The minimum absolute atomic E-state index is 0.205. The summed E-state index contributed by atoms with van der Waals surface area (Å²) in [7, 11) is 3.80. The first-order valence-electron chi connectivity index (χ1n) is 12.3. The molecule has 5 nitrogen and oxygen atoms in total. The van der Waals surface area contributed by atoms with Crippen LogP contribution in [-0.2, 0) is 10.8 Å². The number of aromatic nitrogens is 3. The number of thioether (sulfide) groups is 2. The number of unbranched alkanes of at least 4 members (excludes halogenated alkanes) is 5. The zero-order chi connectivity index (χ0) is 25.4. The first-order valence-corrected chi connectivity index (χ1v) is 14.1. The Morgan fingerprint density at radius 1 is 0.882 bits per heavy atom. The third kappa shape index (κ3) is 8.92. The molecule has 2 rings (SSSR count). The van der Waals surface area contributed by atoms with Gasteiger partial charge in [-0.3, -0.25) is 0 Å². The summed E-state index contributed by atoms with van der Waals surface area (Å²) in [5, 5.41) is 17.5. The van der Waals surface area contributed by atoms with E-state index in [0.717, 1.165) is 34.1 Å². The van der Waals surface area contributed by atoms with Crippen molar-refractivity contribution in [1.82, 2.24) is 15.0 Å². The number of rotatable bonds is 12. The molecule has 8 heteroatoms. The van der Waals surface area contributed by atoms with Gasteiger partial charge in [0.1, 0.15) is 0 Å². The van der Waals surface area contributed by atoms with Gasteiger partial charge in [0, 0.05) is 0 Å². The molecule has 0 bridgehead atoms. The van der Waals surface area contributed by atoms with Gasteiger partial charge in [-0.25, -0.2) is 0 Å². The van der Waals surface area contributed by atoms with Crippen LogP contribution in [0, 0.1) is 0 Å². The number of phenolic OH excluding ortho intramolecular Hbond substituents is 1. The first kappa shape index (κ1) is 28.7. The van der Waals surface area contributed by atoms with Crippen molar-refractivity contribution in [2.45, 2.75) is 108 Å². The molecule has 186 valence electrons. The van der Waals surface area contributed by atoms with E-state index in [1.807, 2.05) is 12.1 Å². The molecule has 0 amide bonds.